The summed E-state index contributed by atoms with van der Waals surface area (Å²) in [5.41, 5.74) is 1.95. The van der Waals surface area contributed by atoms with Gasteiger partial charge in [0.25, 0.3) is 0 Å². The molecular weight excluding hydrogens is 331 g/mol. The van der Waals surface area contributed by atoms with E-state index in [-0.39, 0.29) is 10.3 Å². The second-order valence-corrected chi connectivity index (χ2v) is 5.45. The standard InChI is InChI=1S/C14H9Cl3N4/c1-21-10(6-7-18-21)14-19-12(16)11(13(17)20-14)8-4-2-3-5-9(8)15/h2-7H,1H3. The quantitative estimate of drug-likeness (QED) is 0.645. The van der Waals surface area contributed by atoms with Crippen molar-refractivity contribution in [2.45, 2.75) is 0 Å². The molecule has 0 amide bonds. The van der Waals surface area contributed by atoms with Gasteiger partial charge in [0.15, 0.2) is 5.82 Å². The highest BCUT2D eigenvalue weighted by Gasteiger charge is 2.17. The summed E-state index contributed by atoms with van der Waals surface area (Å²) in [7, 11) is 1.79. The van der Waals surface area contributed by atoms with Crippen molar-refractivity contribution in [3.05, 3.63) is 51.9 Å². The predicted octanol–water partition coefficient (Wildman–Crippen LogP) is 4.50. The molecule has 0 radical (unpaired) electrons. The van der Waals surface area contributed by atoms with Gasteiger partial charge in [0.05, 0.1) is 5.56 Å². The zero-order chi connectivity index (χ0) is 15.0. The Kier molecular flexibility index (Phi) is 3.85. The van der Waals surface area contributed by atoms with Gasteiger partial charge in [-0.25, -0.2) is 9.97 Å². The molecule has 21 heavy (non-hydrogen) atoms. The molecule has 0 aliphatic rings. The third-order valence-corrected chi connectivity index (χ3v) is 3.89. The second-order valence-electron chi connectivity index (χ2n) is 4.32. The minimum atomic E-state index is 0.249. The fourth-order valence-electron chi connectivity index (χ4n) is 2.00. The summed E-state index contributed by atoms with van der Waals surface area (Å²) in [4.78, 5) is 8.61. The highest BCUT2D eigenvalue weighted by molar-refractivity contribution is 6.40. The first-order valence-electron chi connectivity index (χ1n) is 6.04. The Morgan fingerprint density at radius 1 is 0.952 bits per heavy atom. The van der Waals surface area contributed by atoms with E-state index >= 15 is 0 Å². The van der Waals surface area contributed by atoms with Gasteiger partial charge in [-0.3, -0.25) is 4.68 Å². The number of hydrogen-bond donors (Lipinski definition) is 0. The molecule has 0 spiro atoms. The summed E-state index contributed by atoms with van der Waals surface area (Å²) in [5.74, 6) is 0.417. The summed E-state index contributed by atoms with van der Waals surface area (Å²) in [6, 6.07) is 9.06. The molecule has 0 atom stereocenters. The van der Waals surface area contributed by atoms with Crippen molar-refractivity contribution in [3.63, 3.8) is 0 Å². The first-order chi connectivity index (χ1) is 10.1. The van der Waals surface area contributed by atoms with Crippen molar-refractivity contribution in [1.82, 2.24) is 19.7 Å². The molecular formula is C14H9Cl3N4. The zero-order valence-electron chi connectivity index (χ0n) is 10.9. The number of hydrogen-bond acceptors (Lipinski definition) is 3. The topological polar surface area (TPSA) is 43.6 Å². The van der Waals surface area contributed by atoms with Crippen molar-refractivity contribution in [2.75, 3.05) is 0 Å². The Hall–Kier alpha value is -1.62. The number of rotatable bonds is 2. The maximum Gasteiger partial charge on any atom is 0.180 e. The maximum absolute atomic E-state index is 6.29. The van der Waals surface area contributed by atoms with Crippen LogP contribution >= 0.6 is 34.8 Å². The molecule has 4 nitrogen and oxygen atoms in total. The van der Waals surface area contributed by atoms with Gasteiger partial charge in [0.1, 0.15) is 16.0 Å². The maximum atomic E-state index is 6.29. The van der Waals surface area contributed by atoms with Crippen LogP contribution in [-0.4, -0.2) is 19.7 Å². The van der Waals surface area contributed by atoms with E-state index in [2.05, 4.69) is 15.1 Å². The van der Waals surface area contributed by atoms with Crippen LogP contribution in [0, 0.1) is 0 Å². The minimum Gasteiger partial charge on any atom is -0.265 e. The third-order valence-electron chi connectivity index (χ3n) is 3.01. The second kappa shape index (κ2) is 5.64. The molecule has 0 N–H and O–H groups in total. The van der Waals surface area contributed by atoms with Crippen LogP contribution in [0.15, 0.2) is 36.5 Å². The van der Waals surface area contributed by atoms with Crippen LogP contribution in [0.4, 0.5) is 0 Å². The molecule has 106 valence electrons. The lowest BCUT2D eigenvalue weighted by Crippen LogP contribution is -2.00. The summed E-state index contributed by atoms with van der Waals surface area (Å²) < 4.78 is 1.65. The monoisotopic (exact) mass is 338 g/mol. The lowest BCUT2D eigenvalue weighted by atomic mass is 10.1. The van der Waals surface area contributed by atoms with Gasteiger partial charge in [0, 0.05) is 23.8 Å². The third kappa shape index (κ3) is 2.62. The minimum absolute atomic E-state index is 0.249. The summed E-state index contributed by atoms with van der Waals surface area (Å²) in [5, 5.41) is 5.12. The molecule has 0 bridgehead atoms. The lowest BCUT2D eigenvalue weighted by Gasteiger charge is -2.10. The predicted molar refractivity (Wildman–Crippen MR) is 84.7 cm³/mol. The van der Waals surface area contributed by atoms with E-state index in [0.717, 1.165) is 5.69 Å². The molecule has 2 aromatic heterocycles. The lowest BCUT2D eigenvalue weighted by molar-refractivity contribution is 0.770. The SMILES string of the molecule is Cn1nccc1-c1nc(Cl)c(-c2ccccc2Cl)c(Cl)n1. The van der Waals surface area contributed by atoms with Crippen LogP contribution in [0.2, 0.25) is 15.3 Å². The smallest absolute Gasteiger partial charge is 0.180 e. The van der Waals surface area contributed by atoms with Crippen molar-refractivity contribution in [1.29, 1.82) is 0 Å². The summed E-state index contributed by atoms with van der Waals surface area (Å²) >= 11 is 18.8. The highest BCUT2D eigenvalue weighted by atomic mass is 35.5. The number of aryl methyl sites for hydroxylation is 1. The summed E-state index contributed by atoms with van der Waals surface area (Å²) in [6.07, 6.45) is 1.66. The zero-order valence-corrected chi connectivity index (χ0v) is 13.2. The van der Waals surface area contributed by atoms with E-state index < -0.39 is 0 Å². The van der Waals surface area contributed by atoms with E-state index in [4.69, 9.17) is 34.8 Å². The van der Waals surface area contributed by atoms with Gasteiger partial charge in [-0.05, 0) is 12.1 Å². The van der Waals surface area contributed by atoms with Crippen LogP contribution < -0.4 is 0 Å². The van der Waals surface area contributed by atoms with Crippen molar-refractivity contribution >= 4 is 34.8 Å². The van der Waals surface area contributed by atoms with Crippen LogP contribution in [-0.2, 0) is 7.05 Å². The van der Waals surface area contributed by atoms with E-state index in [1.54, 1.807) is 30.1 Å². The first kappa shape index (κ1) is 14.3. The van der Waals surface area contributed by atoms with E-state index in [1.165, 1.54) is 0 Å². The van der Waals surface area contributed by atoms with Gasteiger partial charge in [-0.15, -0.1) is 0 Å². The van der Waals surface area contributed by atoms with Gasteiger partial charge in [-0.2, -0.15) is 5.10 Å². The Morgan fingerprint density at radius 2 is 1.62 bits per heavy atom. The van der Waals surface area contributed by atoms with E-state index in [9.17, 15) is 0 Å². The largest absolute Gasteiger partial charge is 0.265 e. The van der Waals surface area contributed by atoms with Crippen LogP contribution in [0.25, 0.3) is 22.6 Å². The average Bonchev–Trinajstić information content (AvgIpc) is 2.86. The molecule has 3 aromatic rings. The molecule has 3 rings (SSSR count). The van der Waals surface area contributed by atoms with Crippen molar-refractivity contribution in [3.8, 4) is 22.6 Å². The first-order valence-corrected chi connectivity index (χ1v) is 7.17. The Bertz CT molecular complexity index is 790. The van der Waals surface area contributed by atoms with Crippen molar-refractivity contribution < 1.29 is 0 Å². The number of halogens is 3. The van der Waals surface area contributed by atoms with E-state index in [0.29, 0.717) is 22.0 Å². The van der Waals surface area contributed by atoms with Crippen LogP contribution in [0.3, 0.4) is 0 Å². The molecule has 0 aliphatic carbocycles. The molecule has 0 saturated carbocycles. The normalized spacial score (nSPS) is 10.9. The van der Waals surface area contributed by atoms with Gasteiger partial charge in [-0.1, -0.05) is 53.0 Å². The summed E-state index contributed by atoms with van der Waals surface area (Å²) in [6.45, 7) is 0. The van der Waals surface area contributed by atoms with Crippen LogP contribution in [0.5, 0.6) is 0 Å². The number of benzene rings is 1. The van der Waals surface area contributed by atoms with Gasteiger partial charge in [0.2, 0.25) is 0 Å². The van der Waals surface area contributed by atoms with Gasteiger partial charge < -0.3 is 0 Å². The molecule has 0 fully saturated rings. The Balaban J connectivity index is 2.18. The Morgan fingerprint density at radius 3 is 2.19 bits per heavy atom. The molecule has 7 heteroatoms. The van der Waals surface area contributed by atoms with Crippen LogP contribution in [0.1, 0.15) is 0 Å². The Labute approximate surface area is 136 Å². The van der Waals surface area contributed by atoms with Crippen molar-refractivity contribution in [2.24, 2.45) is 7.05 Å². The average molecular weight is 340 g/mol. The highest BCUT2D eigenvalue weighted by Crippen LogP contribution is 2.37. The molecule has 2 heterocycles. The molecule has 0 aliphatic heterocycles. The van der Waals surface area contributed by atoms with E-state index in [1.807, 2.05) is 18.2 Å². The molecule has 0 unspecified atom stereocenters. The molecule has 0 saturated heterocycles. The number of aromatic nitrogens is 4. The fourth-order valence-corrected chi connectivity index (χ4v) is 2.82. The fraction of sp³-hybridized carbons (Fsp3) is 0.0714. The van der Waals surface area contributed by atoms with Gasteiger partial charge >= 0.3 is 0 Å². The molecule has 1 aromatic carbocycles. The number of nitrogens with zero attached hydrogens (tertiary/aromatic N) is 4.